The molecule has 0 aromatic heterocycles. The third kappa shape index (κ3) is 5.32. The molecule has 1 saturated heterocycles. The number of carbonyl (C=O) groups is 1. The minimum Gasteiger partial charge on any atom is -0.393 e. The van der Waals surface area contributed by atoms with Crippen LogP contribution in [0.3, 0.4) is 0 Å². The first kappa shape index (κ1) is 20.9. The van der Waals surface area contributed by atoms with E-state index in [0.717, 1.165) is 12.1 Å². The maximum atomic E-state index is 12.8. The normalized spacial score (nSPS) is 16.7. The molecule has 1 aromatic carbocycles. The van der Waals surface area contributed by atoms with E-state index in [9.17, 15) is 31.5 Å². The first-order valence-corrected chi connectivity index (χ1v) is 9.69. The molecule has 146 valence electrons. The SMILES string of the molecule is O=C(CCNS(=O)(=O)c1ccc(Cl)c(C(F)(F)F)c1)N1CCC(O)CC1. The molecule has 0 unspecified atom stereocenters. The Bertz CT molecular complexity index is 763. The van der Waals surface area contributed by atoms with E-state index < -0.39 is 37.8 Å². The second-order valence-corrected chi connectivity index (χ2v) is 8.07. The number of hydrogen-bond donors (Lipinski definition) is 2. The predicted molar refractivity (Wildman–Crippen MR) is 88.1 cm³/mol. The zero-order chi connectivity index (χ0) is 19.5. The van der Waals surface area contributed by atoms with Gasteiger partial charge in [-0.15, -0.1) is 0 Å². The van der Waals surface area contributed by atoms with Crippen LogP contribution in [0, 0.1) is 0 Å². The van der Waals surface area contributed by atoms with Crippen LogP contribution in [0.1, 0.15) is 24.8 Å². The van der Waals surface area contributed by atoms with Gasteiger partial charge in [0.2, 0.25) is 15.9 Å². The molecule has 0 atom stereocenters. The summed E-state index contributed by atoms with van der Waals surface area (Å²) < 4.78 is 64.9. The Morgan fingerprint density at radius 3 is 2.50 bits per heavy atom. The Morgan fingerprint density at radius 1 is 1.31 bits per heavy atom. The molecule has 2 rings (SSSR count). The van der Waals surface area contributed by atoms with Gasteiger partial charge in [-0.05, 0) is 31.0 Å². The van der Waals surface area contributed by atoms with Gasteiger partial charge < -0.3 is 10.0 Å². The number of hydrogen-bond acceptors (Lipinski definition) is 4. The van der Waals surface area contributed by atoms with Gasteiger partial charge in [-0.3, -0.25) is 4.79 Å². The number of piperidine rings is 1. The molecule has 0 saturated carbocycles. The van der Waals surface area contributed by atoms with E-state index in [0.29, 0.717) is 32.0 Å². The van der Waals surface area contributed by atoms with Crippen LogP contribution >= 0.6 is 11.6 Å². The monoisotopic (exact) mass is 414 g/mol. The molecule has 0 aliphatic carbocycles. The molecular formula is C15H18ClF3N2O4S. The van der Waals surface area contributed by atoms with Crippen molar-refractivity contribution in [2.75, 3.05) is 19.6 Å². The largest absolute Gasteiger partial charge is 0.417 e. The van der Waals surface area contributed by atoms with Crippen LogP contribution in [-0.2, 0) is 21.0 Å². The van der Waals surface area contributed by atoms with Crippen molar-refractivity contribution < 1.29 is 31.5 Å². The highest BCUT2D eigenvalue weighted by atomic mass is 35.5. The number of aliphatic hydroxyl groups excluding tert-OH is 1. The highest BCUT2D eigenvalue weighted by molar-refractivity contribution is 7.89. The number of nitrogens with zero attached hydrogens (tertiary/aromatic N) is 1. The van der Waals surface area contributed by atoms with Crippen LogP contribution in [0.4, 0.5) is 13.2 Å². The first-order valence-electron chi connectivity index (χ1n) is 7.83. The van der Waals surface area contributed by atoms with Crippen molar-refractivity contribution >= 4 is 27.5 Å². The molecule has 1 fully saturated rings. The Hall–Kier alpha value is -1.36. The average Bonchev–Trinajstić information content (AvgIpc) is 2.54. The van der Waals surface area contributed by atoms with Crippen LogP contribution in [0.25, 0.3) is 0 Å². The Labute approximate surface area is 154 Å². The van der Waals surface area contributed by atoms with E-state index in [-0.39, 0.29) is 18.9 Å². The van der Waals surface area contributed by atoms with Crippen LogP contribution in [0.5, 0.6) is 0 Å². The van der Waals surface area contributed by atoms with Crippen LogP contribution in [0.2, 0.25) is 5.02 Å². The summed E-state index contributed by atoms with van der Waals surface area (Å²) in [6, 6.07) is 2.29. The number of rotatable bonds is 5. The zero-order valence-electron chi connectivity index (χ0n) is 13.6. The topological polar surface area (TPSA) is 86.7 Å². The summed E-state index contributed by atoms with van der Waals surface area (Å²) in [6.07, 6.45) is -4.43. The summed E-state index contributed by atoms with van der Waals surface area (Å²) in [5.74, 6) is -0.285. The smallest absolute Gasteiger partial charge is 0.393 e. The third-order valence-corrected chi connectivity index (χ3v) is 5.79. The summed E-state index contributed by atoms with van der Waals surface area (Å²) in [6.45, 7) is 0.530. The molecule has 0 radical (unpaired) electrons. The summed E-state index contributed by atoms with van der Waals surface area (Å²) >= 11 is 5.47. The lowest BCUT2D eigenvalue weighted by atomic mass is 10.1. The van der Waals surface area contributed by atoms with Crippen LogP contribution < -0.4 is 4.72 Å². The minimum absolute atomic E-state index is 0.130. The predicted octanol–water partition coefficient (Wildman–Crippen LogP) is 2.01. The molecule has 11 heteroatoms. The van der Waals surface area contributed by atoms with Gasteiger partial charge in [-0.1, -0.05) is 11.6 Å². The van der Waals surface area contributed by atoms with E-state index in [2.05, 4.69) is 4.72 Å². The van der Waals surface area contributed by atoms with Crippen molar-refractivity contribution in [1.29, 1.82) is 0 Å². The highest BCUT2D eigenvalue weighted by Crippen LogP contribution is 2.35. The van der Waals surface area contributed by atoms with Gasteiger partial charge >= 0.3 is 6.18 Å². The molecule has 1 aliphatic rings. The van der Waals surface area contributed by atoms with Gasteiger partial charge in [-0.2, -0.15) is 13.2 Å². The molecule has 1 amide bonds. The van der Waals surface area contributed by atoms with Crippen LogP contribution in [0.15, 0.2) is 23.1 Å². The van der Waals surface area contributed by atoms with Crippen molar-refractivity contribution in [3.63, 3.8) is 0 Å². The number of nitrogens with one attached hydrogen (secondary N) is 1. The summed E-state index contributed by atoms with van der Waals surface area (Å²) in [5, 5.41) is 8.80. The number of sulfonamides is 1. The van der Waals surface area contributed by atoms with E-state index in [4.69, 9.17) is 11.6 Å². The molecule has 1 aliphatic heterocycles. The summed E-state index contributed by atoms with van der Waals surface area (Å²) in [5.41, 5.74) is -1.25. The fourth-order valence-electron chi connectivity index (χ4n) is 2.54. The van der Waals surface area contributed by atoms with E-state index in [1.165, 1.54) is 4.90 Å². The molecule has 1 aromatic rings. The van der Waals surface area contributed by atoms with E-state index in [1.807, 2.05) is 0 Å². The van der Waals surface area contributed by atoms with Crippen molar-refractivity contribution in [3.05, 3.63) is 28.8 Å². The quantitative estimate of drug-likeness (QED) is 0.771. The number of likely N-dealkylation sites (tertiary alicyclic amines) is 1. The highest BCUT2D eigenvalue weighted by Gasteiger charge is 2.34. The van der Waals surface area contributed by atoms with Gasteiger partial charge in [0.25, 0.3) is 0 Å². The van der Waals surface area contributed by atoms with Crippen molar-refractivity contribution in [2.45, 2.75) is 36.4 Å². The number of aliphatic hydroxyl groups is 1. The van der Waals surface area contributed by atoms with Gasteiger partial charge in [0.15, 0.2) is 0 Å². The standard InChI is InChI=1S/C15H18ClF3N2O4S/c16-13-2-1-11(9-12(13)15(17,18)19)26(24,25)20-6-3-14(23)21-7-4-10(22)5-8-21/h1-2,9-10,20,22H,3-8H2. The fourth-order valence-corrected chi connectivity index (χ4v) is 3.82. The fraction of sp³-hybridized carbons (Fsp3) is 0.533. The third-order valence-electron chi connectivity index (χ3n) is 4.00. The molecule has 1 heterocycles. The summed E-state index contributed by atoms with van der Waals surface area (Å²) in [4.78, 5) is 12.9. The molecule has 26 heavy (non-hydrogen) atoms. The molecule has 2 N–H and O–H groups in total. The Kier molecular flexibility index (Phi) is 6.54. The lowest BCUT2D eigenvalue weighted by molar-refractivity contribution is -0.137. The molecule has 0 bridgehead atoms. The van der Waals surface area contributed by atoms with Gasteiger partial charge in [0.05, 0.1) is 21.6 Å². The second kappa shape index (κ2) is 8.12. The first-order chi connectivity index (χ1) is 12.0. The lowest BCUT2D eigenvalue weighted by Gasteiger charge is -2.29. The van der Waals surface area contributed by atoms with Gasteiger partial charge in [0, 0.05) is 26.1 Å². The minimum atomic E-state index is -4.78. The number of amides is 1. The summed E-state index contributed by atoms with van der Waals surface area (Å²) in [7, 11) is -4.21. The van der Waals surface area contributed by atoms with Crippen molar-refractivity contribution in [2.24, 2.45) is 0 Å². The molecule has 6 nitrogen and oxygen atoms in total. The van der Waals surface area contributed by atoms with Crippen molar-refractivity contribution in [1.82, 2.24) is 9.62 Å². The van der Waals surface area contributed by atoms with Gasteiger partial charge in [-0.25, -0.2) is 13.1 Å². The molecule has 0 spiro atoms. The molecular weight excluding hydrogens is 397 g/mol. The zero-order valence-corrected chi connectivity index (χ0v) is 15.2. The average molecular weight is 415 g/mol. The number of benzene rings is 1. The maximum absolute atomic E-state index is 12.8. The Morgan fingerprint density at radius 2 is 1.92 bits per heavy atom. The van der Waals surface area contributed by atoms with E-state index in [1.54, 1.807) is 0 Å². The van der Waals surface area contributed by atoms with E-state index >= 15 is 0 Å². The maximum Gasteiger partial charge on any atom is 0.417 e. The number of alkyl halides is 3. The number of carbonyl (C=O) groups excluding carboxylic acids is 1. The van der Waals surface area contributed by atoms with Crippen LogP contribution in [-0.4, -0.2) is 50.1 Å². The van der Waals surface area contributed by atoms with Gasteiger partial charge in [0.1, 0.15) is 0 Å². The lowest BCUT2D eigenvalue weighted by Crippen LogP contribution is -2.41. The Balaban J connectivity index is 1.98. The second-order valence-electron chi connectivity index (χ2n) is 5.90. The number of halogens is 4. The van der Waals surface area contributed by atoms with Crippen molar-refractivity contribution in [3.8, 4) is 0 Å².